The van der Waals surface area contributed by atoms with Crippen molar-refractivity contribution >= 4 is 28.5 Å². The van der Waals surface area contributed by atoms with Crippen LogP contribution in [-0.2, 0) is 0 Å². The predicted molar refractivity (Wildman–Crippen MR) is 95.0 cm³/mol. The fraction of sp³-hybridized carbons (Fsp3) is 0.105. The van der Waals surface area contributed by atoms with Gasteiger partial charge in [0.2, 0.25) is 0 Å². The number of carbonyl (C=O) groups is 2. The lowest BCUT2D eigenvalue weighted by Crippen LogP contribution is -2.20. The van der Waals surface area contributed by atoms with Gasteiger partial charge in [0.1, 0.15) is 5.56 Å². The number of nitrogens with one attached hydrogen (secondary N) is 1. The van der Waals surface area contributed by atoms with Gasteiger partial charge in [-0.2, -0.15) is 0 Å². The molecule has 0 fully saturated rings. The number of hydrogen-bond acceptors (Lipinski definition) is 5. The molecule has 0 saturated carbocycles. The number of benzene rings is 2. The van der Waals surface area contributed by atoms with Gasteiger partial charge in [0, 0.05) is 11.1 Å². The van der Waals surface area contributed by atoms with Crippen LogP contribution >= 0.6 is 0 Å². The average Bonchev–Trinajstić information content (AvgIpc) is 2.62. The lowest BCUT2D eigenvalue weighted by molar-refractivity contribution is 0.0696. The molecule has 0 aliphatic heterocycles. The second kappa shape index (κ2) is 7.10. The molecule has 0 aliphatic rings. The summed E-state index contributed by atoms with van der Waals surface area (Å²) in [7, 11) is 0. The minimum atomic E-state index is -1.07. The number of carboxylic acids is 1. The van der Waals surface area contributed by atoms with Crippen molar-refractivity contribution in [3.63, 3.8) is 0 Å². The molecule has 0 atom stereocenters. The van der Waals surface area contributed by atoms with E-state index in [4.69, 9.17) is 14.3 Å². The van der Waals surface area contributed by atoms with Crippen molar-refractivity contribution in [3.8, 4) is 5.75 Å². The van der Waals surface area contributed by atoms with Crippen molar-refractivity contribution in [3.05, 3.63) is 70.1 Å². The Balaban J connectivity index is 1.92. The van der Waals surface area contributed by atoms with Crippen LogP contribution < -0.4 is 15.7 Å². The van der Waals surface area contributed by atoms with E-state index in [1.54, 1.807) is 18.2 Å². The van der Waals surface area contributed by atoms with E-state index in [1.165, 1.54) is 30.3 Å². The first-order valence-corrected chi connectivity index (χ1v) is 7.84. The summed E-state index contributed by atoms with van der Waals surface area (Å²) in [5, 5.41) is 12.0. The maximum atomic E-state index is 12.4. The van der Waals surface area contributed by atoms with E-state index >= 15 is 0 Å². The number of carboxylic acid groups (broad SMARTS) is 1. The molecular weight excluding hydrogens is 338 g/mol. The highest BCUT2D eigenvalue weighted by atomic mass is 16.5. The molecule has 132 valence electrons. The third-order valence-corrected chi connectivity index (χ3v) is 3.66. The van der Waals surface area contributed by atoms with Gasteiger partial charge in [0.05, 0.1) is 12.2 Å². The number of ether oxygens (including phenoxy) is 1. The zero-order valence-corrected chi connectivity index (χ0v) is 13.8. The minimum absolute atomic E-state index is 0.0941. The fourth-order valence-electron chi connectivity index (χ4n) is 2.44. The summed E-state index contributed by atoms with van der Waals surface area (Å²) >= 11 is 0. The van der Waals surface area contributed by atoms with Gasteiger partial charge >= 0.3 is 11.6 Å². The molecule has 7 nitrogen and oxygen atoms in total. The third-order valence-electron chi connectivity index (χ3n) is 3.66. The Labute approximate surface area is 147 Å². The average molecular weight is 353 g/mol. The summed E-state index contributed by atoms with van der Waals surface area (Å²) in [5.74, 6) is -1.29. The molecule has 0 spiro atoms. The van der Waals surface area contributed by atoms with Crippen molar-refractivity contribution in [2.24, 2.45) is 0 Å². The summed E-state index contributed by atoms with van der Waals surface area (Å²) in [6, 6.07) is 12.2. The highest BCUT2D eigenvalue weighted by Crippen LogP contribution is 2.25. The number of hydrogen-bond donors (Lipinski definition) is 2. The van der Waals surface area contributed by atoms with Crippen LogP contribution in [0.1, 0.15) is 27.6 Å². The summed E-state index contributed by atoms with van der Waals surface area (Å²) in [4.78, 5) is 35.4. The van der Waals surface area contributed by atoms with Gasteiger partial charge < -0.3 is 19.6 Å². The topological polar surface area (TPSA) is 106 Å². The van der Waals surface area contributed by atoms with Gasteiger partial charge in [-0.1, -0.05) is 12.1 Å². The summed E-state index contributed by atoms with van der Waals surface area (Å²) in [5.41, 5.74) is -0.210. The smallest absolute Gasteiger partial charge is 0.349 e. The van der Waals surface area contributed by atoms with Crippen LogP contribution in [0.15, 0.2) is 57.7 Å². The van der Waals surface area contributed by atoms with Gasteiger partial charge in [-0.25, -0.2) is 9.59 Å². The summed E-state index contributed by atoms with van der Waals surface area (Å²) in [6.07, 6.45) is 0. The van der Waals surface area contributed by atoms with Crippen molar-refractivity contribution < 1.29 is 23.8 Å². The molecule has 1 aromatic heterocycles. The number of anilines is 1. The van der Waals surface area contributed by atoms with Crippen LogP contribution in [0.4, 0.5) is 5.69 Å². The van der Waals surface area contributed by atoms with E-state index in [-0.39, 0.29) is 16.7 Å². The second-order valence-corrected chi connectivity index (χ2v) is 5.39. The molecular formula is C19H15NO6. The van der Waals surface area contributed by atoms with E-state index in [9.17, 15) is 14.4 Å². The first kappa shape index (κ1) is 17.2. The van der Waals surface area contributed by atoms with Crippen LogP contribution in [0.2, 0.25) is 0 Å². The van der Waals surface area contributed by atoms with Gasteiger partial charge in [-0.15, -0.1) is 0 Å². The predicted octanol–water partition coefficient (Wildman–Crippen LogP) is 3.14. The standard InChI is InChI=1S/C19H15NO6/c1-2-25-15-5-3-4-12-10-14(19(24)26-16(12)15)17(21)20-13-8-6-11(7-9-13)18(22)23/h3-10H,2H2,1H3,(H,20,21)(H,22,23). The number of fused-ring (bicyclic) bond motifs is 1. The van der Waals surface area contributed by atoms with Crippen LogP contribution in [0.3, 0.4) is 0 Å². The number of aromatic carboxylic acids is 1. The monoisotopic (exact) mass is 353 g/mol. The molecule has 1 amide bonds. The quantitative estimate of drug-likeness (QED) is 0.683. The van der Waals surface area contributed by atoms with Crippen molar-refractivity contribution in [2.75, 3.05) is 11.9 Å². The van der Waals surface area contributed by atoms with Crippen molar-refractivity contribution in [2.45, 2.75) is 6.92 Å². The summed E-state index contributed by atoms with van der Waals surface area (Å²) in [6.45, 7) is 2.23. The Morgan fingerprint density at radius 1 is 1.15 bits per heavy atom. The van der Waals surface area contributed by atoms with E-state index in [0.717, 1.165) is 0 Å². The van der Waals surface area contributed by atoms with Gasteiger partial charge in [-0.05, 0) is 43.3 Å². The Hall–Kier alpha value is -3.61. The number of rotatable bonds is 5. The molecule has 1 heterocycles. The Bertz CT molecular complexity index is 1040. The Morgan fingerprint density at radius 2 is 1.88 bits per heavy atom. The van der Waals surface area contributed by atoms with Gasteiger partial charge in [0.15, 0.2) is 11.3 Å². The van der Waals surface area contributed by atoms with Gasteiger partial charge in [-0.3, -0.25) is 4.79 Å². The number of amides is 1. The molecule has 0 aliphatic carbocycles. The molecule has 7 heteroatoms. The summed E-state index contributed by atoms with van der Waals surface area (Å²) < 4.78 is 10.7. The largest absolute Gasteiger partial charge is 0.490 e. The highest BCUT2D eigenvalue weighted by Gasteiger charge is 2.16. The minimum Gasteiger partial charge on any atom is -0.490 e. The maximum Gasteiger partial charge on any atom is 0.349 e. The molecule has 2 aromatic carbocycles. The van der Waals surface area contributed by atoms with Crippen LogP contribution in [0.25, 0.3) is 11.0 Å². The molecule has 0 bridgehead atoms. The molecule has 3 aromatic rings. The van der Waals surface area contributed by atoms with Crippen molar-refractivity contribution in [1.29, 1.82) is 0 Å². The Morgan fingerprint density at radius 3 is 2.54 bits per heavy atom. The molecule has 26 heavy (non-hydrogen) atoms. The van der Waals surface area contributed by atoms with Crippen LogP contribution in [-0.4, -0.2) is 23.6 Å². The van der Waals surface area contributed by atoms with E-state index in [0.29, 0.717) is 23.4 Å². The van der Waals surface area contributed by atoms with Crippen LogP contribution in [0, 0.1) is 0 Å². The number of para-hydroxylation sites is 1. The zero-order valence-electron chi connectivity index (χ0n) is 13.8. The normalized spacial score (nSPS) is 10.5. The molecule has 2 N–H and O–H groups in total. The van der Waals surface area contributed by atoms with Crippen LogP contribution in [0.5, 0.6) is 5.75 Å². The maximum absolute atomic E-state index is 12.4. The molecule has 0 unspecified atom stereocenters. The Kier molecular flexibility index (Phi) is 4.70. The highest BCUT2D eigenvalue weighted by molar-refractivity contribution is 6.05. The zero-order chi connectivity index (χ0) is 18.7. The molecule has 0 saturated heterocycles. The third kappa shape index (κ3) is 3.41. The lowest BCUT2D eigenvalue weighted by Gasteiger charge is -2.08. The van der Waals surface area contributed by atoms with Crippen molar-refractivity contribution in [1.82, 2.24) is 0 Å². The molecule has 0 radical (unpaired) electrons. The van der Waals surface area contributed by atoms with E-state index in [1.807, 2.05) is 6.92 Å². The van der Waals surface area contributed by atoms with E-state index < -0.39 is 17.5 Å². The fourth-order valence-corrected chi connectivity index (χ4v) is 2.44. The van der Waals surface area contributed by atoms with E-state index in [2.05, 4.69) is 5.32 Å². The first-order valence-electron chi connectivity index (χ1n) is 7.84. The lowest BCUT2D eigenvalue weighted by atomic mass is 10.1. The SMILES string of the molecule is CCOc1cccc2cc(C(=O)Nc3ccc(C(=O)O)cc3)c(=O)oc12. The first-order chi connectivity index (χ1) is 12.5. The second-order valence-electron chi connectivity index (χ2n) is 5.39. The number of carbonyl (C=O) groups excluding carboxylic acids is 1. The molecule has 3 rings (SSSR count). The van der Waals surface area contributed by atoms with Gasteiger partial charge in [0.25, 0.3) is 5.91 Å².